The molecule has 0 saturated heterocycles. The second-order valence-corrected chi connectivity index (χ2v) is 14.7. The number of aryl methyl sites for hydroxylation is 2. The highest BCUT2D eigenvalue weighted by molar-refractivity contribution is 7.28. The maximum Gasteiger partial charge on any atom is -0.0100 e. The van der Waals surface area contributed by atoms with Crippen LogP contribution in [0.15, 0.2) is 91.0 Å². The zero-order chi connectivity index (χ0) is 32.6. The predicted octanol–water partition coefficient (Wildman–Crippen LogP) is 13.0. The van der Waals surface area contributed by atoms with Crippen molar-refractivity contribution in [2.24, 2.45) is 0 Å². The van der Waals surface area contributed by atoms with E-state index >= 15 is 0 Å². The first-order valence-corrected chi connectivity index (χ1v) is 17.3. The van der Waals surface area contributed by atoms with Crippen LogP contribution in [0.25, 0.3) is 44.5 Å². The second kappa shape index (κ2) is 13.5. The molecule has 0 bridgehead atoms. The van der Waals surface area contributed by atoms with Crippen LogP contribution in [0.1, 0.15) is 112 Å². The molecule has 0 fully saturated rings. The molecule has 5 aromatic carbocycles. The summed E-state index contributed by atoms with van der Waals surface area (Å²) < 4.78 is 0. The Morgan fingerprint density at radius 3 is 0.978 bits per heavy atom. The second-order valence-electron chi connectivity index (χ2n) is 14.1. The molecule has 0 amide bonds. The fourth-order valence-corrected chi connectivity index (χ4v) is 7.41. The molecule has 1 atom stereocenters. The highest BCUT2D eigenvalue weighted by atomic mass is 31.0. The number of hydrogen-bond donors (Lipinski definition) is 0. The van der Waals surface area contributed by atoms with Gasteiger partial charge in [0, 0.05) is 0 Å². The third-order valence-electron chi connectivity index (χ3n) is 9.44. The van der Waals surface area contributed by atoms with Crippen LogP contribution >= 0.6 is 9.24 Å². The maximum atomic E-state index is 3.19. The molecule has 0 aliphatic carbocycles. The molecule has 0 nitrogen and oxygen atoms in total. The van der Waals surface area contributed by atoms with E-state index in [-0.39, 0.29) is 0 Å². The lowest BCUT2D eigenvalue weighted by atomic mass is 9.79. The van der Waals surface area contributed by atoms with Gasteiger partial charge < -0.3 is 0 Å². The number of hydrogen-bond acceptors (Lipinski definition) is 0. The van der Waals surface area contributed by atoms with Crippen LogP contribution < -0.4 is 5.30 Å². The lowest BCUT2D eigenvalue weighted by Gasteiger charge is -2.27. The SMILES string of the molecule is Cc1ccccc1-c1cc(C(C)C)c(-c2cccc(-c3c(C(C)C)cc(-c4ccccc4C)cc3C(C)C)c2P)c(C(C)C)c1. The predicted molar refractivity (Wildman–Crippen MR) is 203 cm³/mol. The standard InChI is InChI=1S/C44H51P/c1-26(2)38-22-32(34-18-13-11-16-30(34)9)23-39(27(3)4)42(38)36-20-15-21-37(44(36)45)43-40(28(5)6)24-33(25-41(43)29(7)8)35-19-14-12-17-31(35)10/h11-29H,45H2,1-10H3. The fraction of sp³-hybridized carbons (Fsp3) is 0.318. The Bertz CT molecular complexity index is 1640. The minimum atomic E-state index is 0.389. The van der Waals surface area contributed by atoms with Gasteiger partial charge in [0.25, 0.3) is 0 Å². The molecule has 0 heterocycles. The van der Waals surface area contributed by atoms with E-state index in [9.17, 15) is 0 Å². The minimum absolute atomic E-state index is 0.389. The van der Waals surface area contributed by atoms with Crippen molar-refractivity contribution in [1.82, 2.24) is 0 Å². The smallest absolute Gasteiger partial charge is 0.0100 e. The van der Waals surface area contributed by atoms with E-state index in [0.29, 0.717) is 23.7 Å². The van der Waals surface area contributed by atoms with Gasteiger partial charge in [0.2, 0.25) is 0 Å². The molecule has 5 aromatic rings. The molecule has 1 unspecified atom stereocenters. The van der Waals surface area contributed by atoms with Gasteiger partial charge in [0.15, 0.2) is 0 Å². The van der Waals surface area contributed by atoms with E-state index in [4.69, 9.17) is 0 Å². The fourth-order valence-electron chi connectivity index (χ4n) is 6.92. The molecular weight excluding hydrogens is 559 g/mol. The van der Waals surface area contributed by atoms with Crippen molar-refractivity contribution < 1.29 is 0 Å². The van der Waals surface area contributed by atoms with Gasteiger partial charge in [-0.15, -0.1) is 9.24 Å². The first-order valence-electron chi connectivity index (χ1n) is 16.8. The van der Waals surface area contributed by atoms with Crippen molar-refractivity contribution in [3.63, 3.8) is 0 Å². The highest BCUT2D eigenvalue weighted by Crippen LogP contribution is 2.44. The largest absolute Gasteiger partial charge is 0.104 e. The molecule has 0 radical (unpaired) electrons. The normalized spacial score (nSPS) is 11.8. The summed E-state index contributed by atoms with van der Waals surface area (Å²) in [7, 11) is 3.19. The summed E-state index contributed by atoms with van der Waals surface area (Å²) in [6.07, 6.45) is 0. The molecule has 0 aliphatic heterocycles. The minimum Gasteiger partial charge on any atom is -0.104 e. The van der Waals surface area contributed by atoms with Gasteiger partial charge in [-0.25, -0.2) is 0 Å². The van der Waals surface area contributed by atoms with E-state index in [0.717, 1.165) is 0 Å². The lowest BCUT2D eigenvalue weighted by Crippen LogP contribution is -2.11. The van der Waals surface area contributed by atoms with Crippen molar-refractivity contribution in [3.05, 3.63) is 124 Å². The average Bonchev–Trinajstić information content (AvgIpc) is 3.00. The van der Waals surface area contributed by atoms with Crippen LogP contribution in [0.5, 0.6) is 0 Å². The van der Waals surface area contributed by atoms with E-state index in [2.05, 4.69) is 169 Å². The Kier molecular flexibility index (Phi) is 9.86. The monoisotopic (exact) mass is 610 g/mol. The summed E-state index contributed by atoms with van der Waals surface area (Å²) in [5, 5.41) is 1.29. The molecule has 0 spiro atoms. The van der Waals surface area contributed by atoms with Crippen molar-refractivity contribution in [2.75, 3.05) is 0 Å². The van der Waals surface area contributed by atoms with Crippen LogP contribution in [0.3, 0.4) is 0 Å². The topological polar surface area (TPSA) is 0 Å². The Morgan fingerprint density at radius 2 is 0.689 bits per heavy atom. The zero-order valence-corrected chi connectivity index (χ0v) is 30.2. The highest BCUT2D eigenvalue weighted by Gasteiger charge is 2.24. The van der Waals surface area contributed by atoms with Gasteiger partial charge in [-0.05, 0) is 121 Å². The summed E-state index contributed by atoms with van der Waals surface area (Å²) >= 11 is 0. The summed E-state index contributed by atoms with van der Waals surface area (Å²) in [5.41, 5.74) is 19.1. The molecule has 45 heavy (non-hydrogen) atoms. The molecule has 0 N–H and O–H groups in total. The molecular formula is C44H51P. The molecule has 0 saturated carbocycles. The lowest BCUT2D eigenvalue weighted by molar-refractivity contribution is 0.838. The van der Waals surface area contributed by atoms with Gasteiger partial charge in [0.1, 0.15) is 0 Å². The van der Waals surface area contributed by atoms with E-state index < -0.39 is 0 Å². The number of rotatable bonds is 8. The van der Waals surface area contributed by atoms with Gasteiger partial charge in [-0.3, -0.25) is 0 Å². The first kappa shape index (κ1) is 32.9. The summed E-state index contributed by atoms with van der Waals surface area (Å²) in [4.78, 5) is 0. The van der Waals surface area contributed by atoms with Crippen LogP contribution in [0.4, 0.5) is 0 Å². The van der Waals surface area contributed by atoms with Gasteiger partial charge in [-0.2, -0.15) is 0 Å². The van der Waals surface area contributed by atoms with Crippen molar-refractivity contribution >= 4 is 14.5 Å². The van der Waals surface area contributed by atoms with Crippen molar-refractivity contribution in [1.29, 1.82) is 0 Å². The molecule has 0 aromatic heterocycles. The Labute approximate surface area is 275 Å². The third-order valence-corrected chi connectivity index (χ3v) is 10.1. The van der Waals surface area contributed by atoms with Crippen LogP contribution in [0, 0.1) is 13.8 Å². The van der Waals surface area contributed by atoms with Crippen LogP contribution in [-0.2, 0) is 0 Å². The summed E-state index contributed by atoms with van der Waals surface area (Å²) in [6.45, 7) is 23.2. The molecule has 5 rings (SSSR count). The molecule has 232 valence electrons. The van der Waals surface area contributed by atoms with Gasteiger partial charge >= 0.3 is 0 Å². The average molecular weight is 611 g/mol. The van der Waals surface area contributed by atoms with Crippen LogP contribution in [-0.4, -0.2) is 0 Å². The summed E-state index contributed by atoms with van der Waals surface area (Å²) in [5.74, 6) is 1.56. The summed E-state index contributed by atoms with van der Waals surface area (Å²) in [6, 6.07) is 34.4. The Hall–Kier alpha value is -3.47. The van der Waals surface area contributed by atoms with E-state index in [1.54, 1.807) is 0 Å². The Morgan fingerprint density at radius 1 is 0.400 bits per heavy atom. The Balaban J connectivity index is 1.80. The van der Waals surface area contributed by atoms with Gasteiger partial charge in [-0.1, -0.05) is 146 Å². The third kappa shape index (κ3) is 6.46. The molecule has 1 heteroatoms. The first-order chi connectivity index (χ1) is 21.4. The van der Waals surface area contributed by atoms with E-state index in [1.165, 1.54) is 83.2 Å². The van der Waals surface area contributed by atoms with Crippen LogP contribution in [0.2, 0.25) is 0 Å². The molecule has 0 aliphatic rings. The maximum absolute atomic E-state index is 3.19. The quantitative estimate of drug-likeness (QED) is 0.153. The zero-order valence-electron chi connectivity index (χ0n) is 29.0. The van der Waals surface area contributed by atoms with Gasteiger partial charge in [0.05, 0.1) is 0 Å². The van der Waals surface area contributed by atoms with Crippen molar-refractivity contribution in [3.8, 4) is 44.5 Å². The number of benzene rings is 5. The van der Waals surface area contributed by atoms with E-state index in [1.807, 2.05) is 0 Å². The van der Waals surface area contributed by atoms with Crippen molar-refractivity contribution in [2.45, 2.75) is 92.9 Å².